The Kier molecular flexibility index (Phi) is 5.89. The third-order valence-electron chi connectivity index (χ3n) is 3.19. The zero-order chi connectivity index (χ0) is 17.7. The molecule has 2 N–H and O–H groups in total. The van der Waals surface area contributed by atoms with Gasteiger partial charge in [0, 0.05) is 16.8 Å². The molecule has 0 saturated carbocycles. The number of hydrogen-bond donors (Lipinski definition) is 2. The predicted molar refractivity (Wildman–Crippen MR) is 98.1 cm³/mol. The average Bonchev–Trinajstić information content (AvgIpc) is 2.55. The molecular formula is C17H15ClN2O3S. The molecule has 24 heavy (non-hydrogen) atoms. The quantitative estimate of drug-likeness (QED) is 0.641. The molecule has 0 unspecified atom stereocenters. The van der Waals surface area contributed by atoms with Crippen LogP contribution in [-0.2, 0) is 0 Å². The van der Waals surface area contributed by atoms with Crippen molar-refractivity contribution in [2.75, 3.05) is 12.4 Å². The first kappa shape index (κ1) is 17.9. The molecule has 0 aliphatic heterocycles. The Morgan fingerprint density at radius 2 is 1.71 bits per heavy atom. The maximum absolute atomic E-state index is 12.2. The summed E-state index contributed by atoms with van der Waals surface area (Å²) in [4.78, 5) is 23.4. The molecular weight excluding hydrogens is 348 g/mol. The second kappa shape index (κ2) is 7.90. The van der Waals surface area contributed by atoms with E-state index in [4.69, 9.17) is 28.6 Å². The van der Waals surface area contributed by atoms with E-state index < -0.39 is 5.91 Å². The fourth-order valence-corrected chi connectivity index (χ4v) is 2.40. The van der Waals surface area contributed by atoms with Gasteiger partial charge in [0.05, 0.1) is 12.1 Å². The molecule has 0 fully saturated rings. The van der Waals surface area contributed by atoms with Crippen LogP contribution in [0, 0.1) is 0 Å². The number of Topliss-reactive ketones (excluding diaryl/α,β-unsaturated/α-hetero) is 1. The van der Waals surface area contributed by atoms with Crippen LogP contribution in [0.1, 0.15) is 27.6 Å². The van der Waals surface area contributed by atoms with Gasteiger partial charge in [-0.05, 0) is 61.6 Å². The zero-order valence-electron chi connectivity index (χ0n) is 13.1. The van der Waals surface area contributed by atoms with Crippen LogP contribution in [0.4, 0.5) is 5.69 Å². The summed E-state index contributed by atoms with van der Waals surface area (Å²) in [6.07, 6.45) is 0. The average molecular weight is 363 g/mol. The summed E-state index contributed by atoms with van der Waals surface area (Å²) in [5.74, 6) is 0.0747. The molecule has 0 aliphatic rings. The Bertz CT molecular complexity index is 791. The molecule has 2 aromatic rings. The van der Waals surface area contributed by atoms with E-state index in [9.17, 15) is 9.59 Å². The molecule has 0 atom stereocenters. The summed E-state index contributed by atoms with van der Waals surface area (Å²) >= 11 is 11.1. The lowest BCUT2D eigenvalue weighted by atomic mass is 10.1. The molecule has 7 heteroatoms. The number of amides is 1. The lowest BCUT2D eigenvalue weighted by molar-refractivity contribution is 0.0976. The van der Waals surface area contributed by atoms with Gasteiger partial charge in [0.25, 0.3) is 5.91 Å². The second-order valence-corrected chi connectivity index (χ2v) is 5.71. The lowest BCUT2D eigenvalue weighted by Gasteiger charge is -2.10. The minimum Gasteiger partial charge on any atom is -0.495 e. The van der Waals surface area contributed by atoms with E-state index in [2.05, 4.69) is 10.6 Å². The number of carbonyl (C=O) groups excluding carboxylic acids is 2. The highest BCUT2D eigenvalue weighted by Crippen LogP contribution is 2.24. The molecule has 0 spiro atoms. The molecule has 0 aromatic heterocycles. The summed E-state index contributed by atoms with van der Waals surface area (Å²) < 4.78 is 5.04. The van der Waals surface area contributed by atoms with Gasteiger partial charge in [0.1, 0.15) is 5.75 Å². The standard InChI is InChI=1S/C17H15ClN2O3S/c1-10(21)11-3-6-13(7-4-11)19-17(24)20-16(22)12-5-8-15(23-2)14(18)9-12/h3-9H,1-2H3,(H2,19,20,22,24). The number of thiocarbonyl (C=S) groups is 1. The minimum absolute atomic E-state index is 0.0196. The largest absolute Gasteiger partial charge is 0.495 e. The van der Waals surface area contributed by atoms with E-state index in [-0.39, 0.29) is 10.9 Å². The minimum atomic E-state index is -0.391. The maximum Gasteiger partial charge on any atom is 0.257 e. The first-order chi connectivity index (χ1) is 11.4. The highest BCUT2D eigenvalue weighted by atomic mass is 35.5. The Morgan fingerprint density at radius 3 is 2.25 bits per heavy atom. The topological polar surface area (TPSA) is 67.4 Å². The van der Waals surface area contributed by atoms with Gasteiger partial charge in [-0.2, -0.15) is 0 Å². The van der Waals surface area contributed by atoms with Crippen LogP contribution in [0.5, 0.6) is 5.75 Å². The van der Waals surface area contributed by atoms with E-state index in [0.717, 1.165) is 0 Å². The van der Waals surface area contributed by atoms with Crippen molar-refractivity contribution >= 4 is 46.3 Å². The summed E-state index contributed by atoms with van der Waals surface area (Å²) in [5, 5.41) is 5.92. The molecule has 0 aliphatic carbocycles. The normalized spacial score (nSPS) is 9.96. The summed E-state index contributed by atoms with van der Waals surface area (Å²) in [5.41, 5.74) is 1.62. The maximum atomic E-state index is 12.2. The molecule has 0 radical (unpaired) electrons. The van der Waals surface area contributed by atoms with Gasteiger partial charge in [-0.25, -0.2) is 0 Å². The van der Waals surface area contributed by atoms with Crippen LogP contribution in [0.2, 0.25) is 5.02 Å². The van der Waals surface area contributed by atoms with E-state index in [1.807, 2.05) is 0 Å². The fraction of sp³-hybridized carbons (Fsp3) is 0.118. The third kappa shape index (κ3) is 4.53. The predicted octanol–water partition coefficient (Wildman–Crippen LogP) is 3.68. The van der Waals surface area contributed by atoms with Crippen LogP contribution < -0.4 is 15.4 Å². The Balaban J connectivity index is 2.00. The highest BCUT2D eigenvalue weighted by Gasteiger charge is 2.11. The monoisotopic (exact) mass is 362 g/mol. The Hall–Kier alpha value is -2.44. The summed E-state index contributed by atoms with van der Waals surface area (Å²) in [6.45, 7) is 1.49. The van der Waals surface area contributed by atoms with Gasteiger partial charge in [-0.3, -0.25) is 14.9 Å². The number of hydrogen-bond acceptors (Lipinski definition) is 4. The van der Waals surface area contributed by atoms with Gasteiger partial charge in [-0.15, -0.1) is 0 Å². The number of rotatable bonds is 4. The number of nitrogens with one attached hydrogen (secondary N) is 2. The van der Waals surface area contributed by atoms with Gasteiger partial charge in [0.15, 0.2) is 10.9 Å². The lowest BCUT2D eigenvalue weighted by Crippen LogP contribution is -2.34. The summed E-state index contributed by atoms with van der Waals surface area (Å²) in [6, 6.07) is 11.5. The second-order valence-electron chi connectivity index (χ2n) is 4.89. The third-order valence-corrected chi connectivity index (χ3v) is 3.69. The van der Waals surface area contributed by atoms with Crippen molar-refractivity contribution in [1.29, 1.82) is 0 Å². The number of anilines is 1. The van der Waals surface area contributed by atoms with Crippen molar-refractivity contribution in [3.63, 3.8) is 0 Å². The van der Waals surface area contributed by atoms with Crippen molar-refractivity contribution in [3.8, 4) is 5.75 Å². The SMILES string of the molecule is COc1ccc(C(=O)NC(=S)Nc2ccc(C(C)=O)cc2)cc1Cl. The van der Waals surface area contributed by atoms with Crippen molar-refractivity contribution in [3.05, 3.63) is 58.6 Å². The molecule has 0 heterocycles. The zero-order valence-corrected chi connectivity index (χ0v) is 14.6. The van der Waals surface area contributed by atoms with E-state index >= 15 is 0 Å². The molecule has 5 nitrogen and oxygen atoms in total. The van der Waals surface area contributed by atoms with Crippen molar-refractivity contribution < 1.29 is 14.3 Å². The van der Waals surface area contributed by atoms with Crippen LogP contribution in [0.3, 0.4) is 0 Å². The van der Waals surface area contributed by atoms with E-state index in [0.29, 0.717) is 27.6 Å². The molecule has 0 bridgehead atoms. The Morgan fingerprint density at radius 1 is 1.08 bits per heavy atom. The van der Waals surface area contributed by atoms with Crippen molar-refractivity contribution in [2.24, 2.45) is 0 Å². The first-order valence-corrected chi connectivity index (χ1v) is 7.76. The number of benzene rings is 2. The van der Waals surface area contributed by atoms with Crippen molar-refractivity contribution in [2.45, 2.75) is 6.92 Å². The highest BCUT2D eigenvalue weighted by molar-refractivity contribution is 7.80. The molecule has 1 amide bonds. The molecule has 0 saturated heterocycles. The number of methoxy groups -OCH3 is 1. The van der Waals surface area contributed by atoms with Crippen molar-refractivity contribution in [1.82, 2.24) is 5.32 Å². The van der Waals surface area contributed by atoms with E-state index in [1.165, 1.54) is 20.1 Å². The van der Waals surface area contributed by atoms with Crippen LogP contribution in [0.25, 0.3) is 0 Å². The van der Waals surface area contributed by atoms with Crippen LogP contribution in [-0.4, -0.2) is 23.9 Å². The van der Waals surface area contributed by atoms with Gasteiger partial charge in [-0.1, -0.05) is 11.6 Å². The van der Waals surface area contributed by atoms with Crippen LogP contribution >= 0.6 is 23.8 Å². The smallest absolute Gasteiger partial charge is 0.257 e. The number of halogens is 1. The van der Waals surface area contributed by atoms with Gasteiger partial charge < -0.3 is 10.1 Å². The van der Waals surface area contributed by atoms with Crippen LogP contribution in [0.15, 0.2) is 42.5 Å². The fourth-order valence-electron chi connectivity index (χ4n) is 1.93. The molecule has 2 aromatic carbocycles. The molecule has 124 valence electrons. The van der Waals surface area contributed by atoms with Gasteiger partial charge >= 0.3 is 0 Å². The number of carbonyl (C=O) groups is 2. The Labute approximate surface area is 150 Å². The first-order valence-electron chi connectivity index (χ1n) is 6.97. The number of ketones is 1. The van der Waals surface area contributed by atoms with E-state index in [1.54, 1.807) is 36.4 Å². The van der Waals surface area contributed by atoms with Gasteiger partial charge in [0.2, 0.25) is 0 Å². The summed E-state index contributed by atoms with van der Waals surface area (Å²) in [7, 11) is 1.50. The molecule has 2 rings (SSSR count). The number of ether oxygens (including phenoxy) is 1.